The molecule has 4 nitrogen and oxygen atoms in total. The lowest BCUT2D eigenvalue weighted by molar-refractivity contribution is -0.147. The van der Waals surface area contributed by atoms with Gasteiger partial charge in [-0.3, -0.25) is 4.79 Å². The summed E-state index contributed by atoms with van der Waals surface area (Å²) in [5.41, 5.74) is 1.03. The predicted molar refractivity (Wildman–Crippen MR) is 118 cm³/mol. The third-order valence-electron chi connectivity index (χ3n) is 4.66. The van der Waals surface area contributed by atoms with E-state index in [0.717, 1.165) is 42.9 Å². The van der Waals surface area contributed by atoms with Crippen LogP contribution in [0.2, 0.25) is 0 Å². The number of anilines is 1. The van der Waals surface area contributed by atoms with Gasteiger partial charge < -0.3 is 14.8 Å². The first-order valence-corrected chi connectivity index (χ1v) is 10.9. The van der Waals surface area contributed by atoms with Crippen molar-refractivity contribution < 1.29 is 14.3 Å². The highest BCUT2D eigenvalue weighted by molar-refractivity contribution is 5.97. The van der Waals surface area contributed by atoms with Gasteiger partial charge in [0.25, 0.3) is 5.91 Å². The molecule has 0 fully saturated rings. The fourth-order valence-corrected chi connectivity index (χ4v) is 3.53. The number of amides is 1. The zero-order chi connectivity index (χ0) is 21.2. The molecule has 0 aliphatic carbocycles. The summed E-state index contributed by atoms with van der Waals surface area (Å²) in [6.45, 7) is 16.1. The quantitative estimate of drug-likeness (QED) is 0.397. The Morgan fingerprint density at radius 2 is 1.68 bits per heavy atom. The number of unbranched alkanes of at least 4 members (excludes halogenated alkanes) is 1. The number of carbonyl (C=O) groups excluding carboxylic acids is 1. The summed E-state index contributed by atoms with van der Waals surface area (Å²) >= 11 is 0. The highest BCUT2D eigenvalue weighted by atomic mass is 16.5. The van der Waals surface area contributed by atoms with Gasteiger partial charge in [0, 0.05) is 12.3 Å². The molecule has 1 rings (SSSR count). The second-order valence-electron chi connectivity index (χ2n) is 8.68. The molecule has 0 bridgehead atoms. The number of carbonyl (C=O) groups is 1. The Bertz CT molecular complexity index is 586. The molecule has 0 heterocycles. The number of nitrogens with one attached hydrogen (secondary N) is 1. The van der Waals surface area contributed by atoms with Crippen molar-refractivity contribution in [2.75, 3.05) is 18.5 Å². The number of ether oxygens (including phenoxy) is 2. The van der Waals surface area contributed by atoms with Crippen LogP contribution in [0.1, 0.15) is 79.2 Å². The van der Waals surface area contributed by atoms with Crippen molar-refractivity contribution in [2.24, 2.45) is 11.8 Å². The monoisotopic (exact) mass is 391 g/mol. The molecule has 1 aromatic rings. The fraction of sp³-hybridized carbons (Fsp3) is 0.708. The zero-order valence-electron chi connectivity index (χ0n) is 19.1. The lowest BCUT2D eigenvalue weighted by Crippen LogP contribution is -2.47. The summed E-state index contributed by atoms with van der Waals surface area (Å²) in [7, 11) is 0. The van der Waals surface area contributed by atoms with E-state index in [1.165, 1.54) is 0 Å². The molecular weight excluding hydrogens is 350 g/mol. The summed E-state index contributed by atoms with van der Waals surface area (Å²) in [6.07, 6.45) is 4.48. The van der Waals surface area contributed by atoms with E-state index in [-0.39, 0.29) is 5.91 Å². The second kappa shape index (κ2) is 12.1. The Balaban J connectivity index is 3.00. The van der Waals surface area contributed by atoms with Crippen molar-refractivity contribution in [1.29, 1.82) is 0 Å². The maximum absolute atomic E-state index is 13.4. The van der Waals surface area contributed by atoms with Crippen LogP contribution >= 0.6 is 0 Å². The molecule has 0 aliphatic heterocycles. The maximum atomic E-state index is 13.4. The standard InChI is InChI=1S/C24H41NO3/c1-8-10-14-27-22-12-11-21(15-20(22)7)25-23(26)24(16-18(3)4,17-19(5)6)28-13-9-2/h11-12,15,18-19H,8-10,13-14,16-17H2,1-7H3,(H,25,26). The van der Waals surface area contributed by atoms with Crippen molar-refractivity contribution in [3.63, 3.8) is 0 Å². The Kier molecular flexibility index (Phi) is 10.6. The van der Waals surface area contributed by atoms with Crippen LogP contribution in [0.25, 0.3) is 0 Å². The Hall–Kier alpha value is -1.55. The zero-order valence-corrected chi connectivity index (χ0v) is 19.1. The molecule has 1 amide bonds. The smallest absolute Gasteiger partial charge is 0.256 e. The van der Waals surface area contributed by atoms with E-state index in [0.29, 0.717) is 31.3 Å². The molecular formula is C24H41NO3. The Morgan fingerprint density at radius 3 is 2.18 bits per heavy atom. The minimum Gasteiger partial charge on any atom is -0.493 e. The average molecular weight is 392 g/mol. The molecule has 4 heteroatoms. The van der Waals surface area contributed by atoms with Gasteiger partial charge in [0.15, 0.2) is 0 Å². The van der Waals surface area contributed by atoms with Gasteiger partial charge in [-0.1, -0.05) is 48.0 Å². The largest absolute Gasteiger partial charge is 0.493 e. The minimum absolute atomic E-state index is 0.0394. The number of hydrogen-bond acceptors (Lipinski definition) is 3. The molecule has 160 valence electrons. The van der Waals surface area contributed by atoms with Gasteiger partial charge in [0.2, 0.25) is 0 Å². The first-order chi connectivity index (χ1) is 13.2. The van der Waals surface area contributed by atoms with Crippen LogP contribution in [-0.2, 0) is 9.53 Å². The van der Waals surface area contributed by atoms with Crippen molar-refractivity contribution >= 4 is 11.6 Å². The molecule has 0 saturated carbocycles. The van der Waals surface area contributed by atoms with Crippen LogP contribution in [-0.4, -0.2) is 24.7 Å². The highest BCUT2D eigenvalue weighted by Crippen LogP contribution is 2.32. The van der Waals surface area contributed by atoms with Crippen LogP contribution in [0, 0.1) is 18.8 Å². The van der Waals surface area contributed by atoms with E-state index in [4.69, 9.17) is 9.47 Å². The van der Waals surface area contributed by atoms with Gasteiger partial charge >= 0.3 is 0 Å². The molecule has 1 N–H and O–H groups in total. The molecule has 1 aromatic carbocycles. The van der Waals surface area contributed by atoms with Gasteiger partial charge in [-0.2, -0.15) is 0 Å². The van der Waals surface area contributed by atoms with Crippen LogP contribution in [0.4, 0.5) is 5.69 Å². The third kappa shape index (κ3) is 7.83. The van der Waals surface area contributed by atoms with Gasteiger partial charge in [-0.05, 0) is 68.2 Å². The summed E-state index contributed by atoms with van der Waals surface area (Å²) < 4.78 is 12.0. The molecule has 0 spiro atoms. The molecule has 0 aliphatic rings. The van der Waals surface area contributed by atoms with Crippen LogP contribution in [0.3, 0.4) is 0 Å². The van der Waals surface area contributed by atoms with Gasteiger partial charge in [0.1, 0.15) is 11.4 Å². The molecule has 0 radical (unpaired) electrons. The topological polar surface area (TPSA) is 47.6 Å². The lowest BCUT2D eigenvalue weighted by Gasteiger charge is -2.35. The molecule has 0 atom stereocenters. The molecule has 28 heavy (non-hydrogen) atoms. The number of benzene rings is 1. The van der Waals surface area contributed by atoms with E-state index >= 15 is 0 Å². The summed E-state index contributed by atoms with van der Waals surface area (Å²) in [5.74, 6) is 1.58. The van der Waals surface area contributed by atoms with Crippen LogP contribution in [0.5, 0.6) is 5.75 Å². The number of hydrogen-bond donors (Lipinski definition) is 1. The Labute approximate surface area is 172 Å². The Morgan fingerprint density at radius 1 is 1.04 bits per heavy atom. The number of aryl methyl sites for hydroxylation is 1. The van der Waals surface area contributed by atoms with Crippen LogP contribution < -0.4 is 10.1 Å². The molecule has 0 aromatic heterocycles. The predicted octanol–water partition coefficient (Wildman–Crippen LogP) is 6.37. The lowest BCUT2D eigenvalue weighted by atomic mass is 9.83. The summed E-state index contributed by atoms with van der Waals surface area (Å²) in [5, 5.41) is 3.12. The van der Waals surface area contributed by atoms with E-state index in [2.05, 4.69) is 46.9 Å². The third-order valence-corrected chi connectivity index (χ3v) is 4.66. The first kappa shape index (κ1) is 24.5. The van der Waals surface area contributed by atoms with E-state index < -0.39 is 5.60 Å². The maximum Gasteiger partial charge on any atom is 0.256 e. The number of rotatable bonds is 13. The summed E-state index contributed by atoms with van der Waals surface area (Å²) in [6, 6.07) is 5.84. The van der Waals surface area contributed by atoms with Gasteiger partial charge in [0.05, 0.1) is 6.61 Å². The molecule has 0 saturated heterocycles. The van der Waals surface area contributed by atoms with Crippen molar-refractivity contribution in [1.82, 2.24) is 0 Å². The van der Waals surface area contributed by atoms with Gasteiger partial charge in [-0.15, -0.1) is 0 Å². The summed E-state index contributed by atoms with van der Waals surface area (Å²) in [4.78, 5) is 13.4. The molecule has 0 unspecified atom stereocenters. The van der Waals surface area contributed by atoms with E-state index in [9.17, 15) is 4.79 Å². The second-order valence-corrected chi connectivity index (χ2v) is 8.68. The van der Waals surface area contributed by atoms with Crippen LogP contribution in [0.15, 0.2) is 18.2 Å². The average Bonchev–Trinajstić information content (AvgIpc) is 2.60. The van der Waals surface area contributed by atoms with E-state index in [1.54, 1.807) is 0 Å². The first-order valence-electron chi connectivity index (χ1n) is 10.9. The SMILES string of the molecule is CCCCOc1ccc(NC(=O)C(CC(C)C)(CC(C)C)OCCC)cc1C. The highest BCUT2D eigenvalue weighted by Gasteiger charge is 2.40. The normalized spacial score (nSPS) is 11.9. The van der Waals surface area contributed by atoms with Gasteiger partial charge in [-0.25, -0.2) is 0 Å². The van der Waals surface area contributed by atoms with E-state index in [1.807, 2.05) is 25.1 Å². The van der Waals surface area contributed by atoms with Crippen molar-refractivity contribution in [2.45, 2.75) is 86.2 Å². The fourth-order valence-electron chi connectivity index (χ4n) is 3.53. The van der Waals surface area contributed by atoms with Crippen molar-refractivity contribution in [3.05, 3.63) is 23.8 Å². The van der Waals surface area contributed by atoms with Crippen molar-refractivity contribution in [3.8, 4) is 5.75 Å². The minimum atomic E-state index is -0.789.